The van der Waals surface area contributed by atoms with Crippen LogP contribution in [0.15, 0.2) is 61.2 Å². The maximum absolute atomic E-state index is 12.2. The van der Waals surface area contributed by atoms with E-state index in [9.17, 15) is 4.79 Å². The zero-order valence-electron chi connectivity index (χ0n) is 20.5. The van der Waals surface area contributed by atoms with E-state index in [1.54, 1.807) is 29.9 Å². The van der Waals surface area contributed by atoms with E-state index in [0.29, 0.717) is 12.2 Å². The minimum atomic E-state index is -0.102. The number of thiophene rings is 1. The van der Waals surface area contributed by atoms with Crippen LogP contribution in [0.25, 0.3) is 55.0 Å². The number of H-pyrrole nitrogens is 2. The maximum Gasteiger partial charge on any atom is 0.238 e. The minimum Gasteiger partial charge on any atom is -0.353 e. The van der Waals surface area contributed by atoms with Crippen molar-refractivity contribution in [2.45, 2.75) is 6.92 Å². The number of nitrogens with zero attached hydrogens (tertiary/aromatic N) is 5. The summed E-state index contributed by atoms with van der Waals surface area (Å²) in [6, 6.07) is 12.2. The fourth-order valence-electron chi connectivity index (χ4n) is 4.36. The third kappa shape index (κ3) is 4.48. The molecule has 184 valence electrons. The van der Waals surface area contributed by atoms with Crippen LogP contribution < -0.4 is 5.32 Å². The Hall–Kier alpha value is -4.41. The molecular formula is C27H24N8OS. The molecule has 0 saturated carbocycles. The molecule has 10 heteroatoms. The molecule has 0 atom stereocenters. The van der Waals surface area contributed by atoms with Gasteiger partial charge in [0.25, 0.3) is 0 Å². The number of hydrogen-bond donors (Lipinski definition) is 3. The second-order valence-corrected chi connectivity index (χ2v) is 10.4. The molecule has 3 N–H and O–H groups in total. The lowest BCUT2D eigenvalue weighted by molar-refractivity contribution is -0.116. The molecule has 0 spiro atoms. The number of aromatic amines is 2. The number of nitrogens with one attached hydrogen (secondary N) is 3. The molecule has 0 aliphatic heterocycles. The molecule has 0 aromatic carbocycles. The van der Waals surface area contributed by atoms with Crippen molar-refractivity contribution in [1.29, 1.82) is 0 Å². The van der Waals surface area contributed by atoms with Crippen LogP contribution in [0.2, 0.25) is 0 Å². The number of likely N-dealkylation sites (N-methyl/N-ethyl adjacent to an activating group) is 1. The summed E-state index contributed by atoms with van der Waals surface area (Å²) < 4.78 is 0. The summed E-state index contributed by atoms with van der Waals surface area (Å²) in [5.74, 6) is -0.102. The monoisotopic (exact) mass is 508 g/mol. The summed E-state index contributed by atoms with van der Waals surface area (Å²) in [5, 5.41) is 12.6. The molecule has 1 amide bonds. The molecular weight excluding hydrogens is 484 g/mol. The van der Waals surface area contributed by atoms with Crippen LogP contribution in [0, 0.1) is 6.92 Å². The topological polar surface area (TPSA) is 115 Å². The number of aromatic nitrogens is 6. The predicted octanol–water partition coefficient (Wildman–Crippen LogP) is 5.10. The normalized spacial score (nSPS) is 11.6. The lowest BCUT2D eigenvalue weighted by Crippen LogP contribution is -2.27. The van der Waals surface area contributed by atoms with E-state index in [1.807, 2.05) is 43.4 Å². The molecule has 6 rings (SSSR count). The van der Waals surface area contributed by atoms with Gasteiger partial charge in [-0.25, -0.2) is 0 Å². The number of hydrogen-bond acceptors (Lipinski definition) is 7. The number of rotatable bonds is 6. The number of carbonyl (C=O) groups is 1. The molecule has 0 radical (unpaired) electrons. The Kier molecular flexibility index (Phi) is 5.74. The Balaban J connectivity index is 1.38. The Morgan fingerprint density at radius 3 is 2.68 bits per heavy atom. The van der Waals surface area contributed by atoms with E-state index in [4.69, 9.17) is 0 Å². The SMILES string of the molecule is Cc1ccc(-c2nccc3[nH]c(-c4n[nH]c5cnc(-c6cncc(NC(=O)CN(C)C)c6)cc45)cc23)s1. The van der Waals surface area contributed by atoms with E-state index < -0.39 is 0 Å². The maximum atomic E-state index is 12.2. The standard InChI is InChI=1S/C27H24N8OS/c1-15-4-5-24(37-15)27-18-10-22(32-20(18)6-7-29-27)26-19-9-21(30-13-23(19)33-34-26)16-8-17(12-28-11-16)31-25(36)14-35(2)3/h4-13,32H,14H2,1-3H3,(H,31,36)(H,33,34). The average Bonchev–Trinajstić information content (AvgIpc) is 3.60. The number of pyridine rings is 3. The van der Waals surface area contributed by atoms with Gasteiger partial charge in [0, 0.05) is 39.1 Å². The van der Waals surface area contributed by atoms with E-state index in [-0.39, 0.29) is 5.91 Å². The molecule has 6 heterocycles. The lowest BCUT2D eigenvalue weighted by Gasteiger charge is -2.10. The number of amides is 1. The Bertz CT molecular complexity index is 1760. The second kappa shape index (κ2) is 9.23. The van der Waals surface area contributed by atoms with Crippen LogP contribution in [0.3, 0.4) is 0 Å². The quantitative estimate of drug-likeness (QED) is 0.288. The van der Waals surface area contributed by atoms with Gasteiger partial charge in [-0.1, -0.05) is 0 Å². The zero-order chi connectivity index (χ0) is 25.5. The average molecular weight is 509 g/mol. The molecule has 0 fully saturated rings. The van der Waals surface area contributed by atoms with Crippen molar-refractivity contribution in [3.05, 3.63) is 66.1 Å². The van der Waals surface area contributed by atoms with Crippen LogP contribution >= 0.6 is 11.3 Å². The van der Waals surface area contributed by atoms with Crippen molar-refractivity contribution >= 4 is 44.7 Å². The molecule has 0 bridgehead atoms. The van der Waals surface area contributed by atoms with Gasteiger partial charge in [-0.3, -0.25) is 24.8 Å². The first-order chi connectivity index (χ1) is 17.9. The van der Waals surface area contributed by atoms with Crippen LogP contribution in [0.1, 0.15) is 4.88 Å². The summed E-state index contributed by atoms with van der Waals surface area (Å²) in [6.45, 7) is 2.39. The van der Waals surface area contributed by atoms with Gasteiger partial charge in [0.15, 0.2) is 0 Å². The van der Waals surface area contributed by atoms with Gasteiger partial charge in [-0.2, -0.15) is 5.10 Å². The largest absolute Gasteiger partial charge is 0.353 e. The van der Waals surface area contributed by atoms with Crippen molar-refractivity contribution in [2.24, 2.45) is 0 Å². The van der Waals surface area contributed by atoms with Crippen molar-refractivity contribution in [2.75, 3.05) is 26.0 Å². The first kappa shape index (κ1) is 23.0. The van der Waals surface area contributed by atoms with Gasteiger partial charge in [0.2, 0.25) is 5.91 Å². The highest BCUT2D eigenvalue weighted by Gasteiger charge is 2.16. The van der Waals surface area contributed by atoms with Crippen LogP contribution in [-0.2, 0) is 4.79 Å². The molecule has 6 aromatic rings. The molecule has 0 saturated heterocycles. The summed E-state index contributed by atoms with van der Waals surface area (Å²) in [7, 11) is 3.70. The molecule has 0 unspecified atom stereocenters. The molecule has 9 nitrogen and oxygen atoms in total. The predicted molar refractivity (Wildman–Crippen MR) is 147 cm³/mol. The van der Waals surface area contributed by atoms with Gasteiger partial charge in [0.05, 0.1) is 52.1 Å². The van der Waals surface area contributed by atoms with E-state index in [1.165, 1.54) is 4.88 Å². The van der Waals surface area contributed by atoms with Gasteiger partial charge < -0.3 is 15.2 Å². The van der Waals surface area contributed by atoms with Crippen molar-refractivity contribution < 1.29 is 4.79 Å². The number of anilines is 1. The second-order valence-electron chi connectivity index (χ2n) is 9.15. The summed E-state index contributed by atoms with van der Waals surface area (Å²) in [4.78, 5) is 33.5. The Labute approximate surface area is 216 Å². The van der Waals surface area contributed by atoms with E-state index in [2.05, 4.69) is 60.6 Å². The third-order valence-corrected chi connectivity index (χ3v) is 7.01. The van der Waals surface area contributed by atoms with Crippen molar-refractivity contribution in [1.82, 2.24) is 35.0 Å². The summed E-state index contributed by atoms with van der Waals surface area (Å²) in [5.41, 5.74) is 6.63. The van der Waals surface area contributed by atoms with Crippen LogP contribution in [0.4, 0.5) is 5.69 Å². The Morgan fingerprint density at radius 2 is 1.86 bits per heavy atom. The van der Waals surface area contributed by atoms with Crippen LogP contribution in [-0.4, -0.2) is 61.6 Å². The summed E-state index contributed by atoms with van der Waals surface area (Å²) >= 11 is 1.73. The van der Waals surface area contributed by atoms with Gasteiger partial charge >= 0.3 is 0 Å². The van der Waals surface area contributed by atoms with Gasteiger partial charge in [-0.15, -0.1) is 11.3 Å². The summed E-state index contributed by atoms with van der Waals surface area (Å²) in [6.07, 6.45) is 6.96. The number of carbonyl (C=O) groups excluding carboxylic acids is 1. The van der Waals surface area contributed by atoms with Crippen molar-refractivity contribution in [3.8, 4) is 33.2 Å². The highest BCUT2D eigenvalue weighted by molar-refractivity contribution is 7.15. The fraction of sp³-hybridized carbons (Fsp3) is 0.148. The van der Waals surface area contributed by atoms with Crippen LogP contribution in [0.5, 0.6) is 0 Å². The highest BCUT2D eigenvalue weighted by Crippen LogP contribution is 2.36. The van der Waals surface area contributed by atoms with Gasteiger partial charge in [0.1, 0.15) is 5.69 Å². The molecule has 0 aliphatic carbocycles. The molecule has 37 heavy (non-hydrogen) atoms. The first-order valence-electron chi connectivity index (χ1n) is 11.7. The third-order valence-electron chi connectivity index (χ3n) is 6.00. The number of aryl methyl sites for hydroxylation is 1. The smallest absolute Gasteiger partial charge is 0.238 e. The first-order valence-corrected chi connectivity index (χ1v) is 12.6. The Morgan fingerprint density at radius 1 is 1.00 bits per heavy atom. The molecule has 6 aromatic heterocycles. The highest BCUT2D eigenvalue weighted by atomic mass is 32.1. The van der Waals surface area contributed by atoms with E-state index in [0.717, 1.165) is 55.0 Å². The van der Waals surface area contributed by atoms with E-state index >= 15 is 0 Å². The zero-order valence-corrected chi connectivity index (χ0v) is 21.3. The fourth-order valence-corrected chi connectivity index (χ4v) is 5.23. The van der Waals surface area contributed by atoms with Crippen molar-refractivity contribution in [3.63, 3.8) is 0 Å². The van der Waals surface area contributed by atoms with Gasteiger partial charge in [-0.05, 0) is 57.4 Å². The lowest BCUT2D eigenvalue weighted by atomic mass is 10.1. The number of fused-ring (bicyclic) bond motifs is 2. The minimum absolute atomic E-state index is 0.102. The molecule has 0 aliphatic rings.